The number of nitrogens with zero attached hydrogens (tertiary/aromatic N) is 1. The van der Waals surface area contributed by atoms with E-state index in [0.29, 0.717) is 16.9 Å². The maximum Gasteiger partial charge on any atom is 0.291 e. The Morgan fingerprint density at radius 2 is 1.72 bits per heavy atom. The summed E-state index contributed by atoms with van der Waals surface area (Å²) < 4.78 is 18.2. The first-order valence-corrected chi connectivity index (χ1v) is 8.68. The van der Waals surface area contributed by atoms with Crippen LogP contribution in [0.2, 0.25) is 0 Å². The van der Waals surface area contributed by atoms with Crippen molar-refractivity contribution in [2.75, 3.05) is 24.2 Å². The van der Waals surface area contributed by atoms with Crippen molar-refractivity contribution in [3.05, 3.63) is 84.1 Å². The van der Waals surface area contributed by atoms with Crippen LogP contribution in [0.4, 0.5) is 15.8 Å². The standard InChI is InChI=1S/C21H18FN3O4/c1-25(13-19(26)23-17-5-2-4-15(22)12-17)21(28)14-7-9-16(10-8-14)24-20(27)18-6-3-11-29-18/h2-12H,13H2,1H3,(H,23,26)(H,24,27). The molecule has 0 saturated carbocycles. The fourth-order valence-corrected chi connectivity index (χ4v) is 2.57. The maximum atomic E-state index is 13.2. The lowest BCUT2D eigenvalue weighted by atomic mass is 10.2. The molecule has 0 aliphatic heterocycles. The van der Waals surface area contributed by atoms with E-state index in [4.69, 9.17) is 4.42 Å². The molecule has 0 spiro atoms. The molecule has 0 atom stereocenters. The van der Waals surface area contributed by atoms with Crippen LogP contribution < -0.4 is 10.6 Å². The summed E-state index contributed by atoms with van der Waals surface area (Å²) in [5, 5.41) is 5.19. The van der Waals surface area contributed by atoms with Crippen LogP contribution in [0.1, 0.15) is 20.9 Å². The predicted octanol–water partition coefficient (Wildman–Crippen LogP) is 3.38. The number of furan rings is 1. The minimum absolute atomic E-state index is 0.175. The molecule has 0 bridgehead atoms. The van der Waals surface area contributed by atoms with Gasteiger partial charge in [0, 0.05) is 24.0 Å². The first-order chi connectivity index (χ1) is 13.9. The number of halogens is 1. The SMILES string of the molecule is CN(CC(=O)Nc1cccc(F)c1)C(=O)c1ccc(NC(=O)c2ccco2)cc1. The van der Waals surface area contributed by atoms with Gasteiger partial charge < -0.3 is 20.0 Å². The highest BCUT2D eigenvalue weighted by Gasteiger charge is 2.16. The molecule has 0 radical (unpaired) electrons. The fourth-order valence-electron chi connectivity index (χ4n) is 2.57. The van der Waals surface area contributed by atoms with Gasteiger partial charge in [0.25, 0.3) is 11.8 Å². The summed E-state index contributed by atoms with van der Waals surface area (Å²) in [5.41, 5.74) is 1.16. The third-order valence-electron chi connectivity index (χ3n) is 3.97. The minimum atomic E-state index is -0.466. The van der Waals surface area contributed by atoms with E-state index < -0.39 is 17.6 Å². The van der Waals surface area contributed by atoms with Gasteiger partial charge in [-0.3, -0.25) is 14.4 Å². The van der Waals surface area contributed by atoms with Crippen molar-refractivity contribution in [1.29, 1.82) is 0 Å². The van der Waals surface area contributed by atoms with Crippen molar-refractivity contribution in [2.24, 2.45) is 0 Å². The van der Waals surface area contributed by atoms with E-state index in [1.165, 1.54) is 42.5 Å². The maximum absolute atomic E-state index is 13.2. The lowest BCUT2D eigenvalue weighted by molar-refractivity contribution is -0.116. The largest absolute Gasteiger partial charge is 0.459 e. The lowest BCUT2D eigenvalue weighted by Gasteiger charge is -2.17. The van der Waals surface area contributed by atoms with Gasteiger partial charge in [-0.2, -0.15) is 0 Å². The van der Waals surface area contributed by atoms with Crippen LogP contribution in [0.25, 0.3) is 0 Å². The number of anilines is 2. The van der Waals surface area contributed by atoms with Crippen molar-refractivity contribution in [3.8, 4) is 0 Å². The van der Waals surface area contributed by atoms with Gasteiger partial charge in [-0.1, -0.05) is 6.07 Å². The van der Waals surface area contributed by atoms with Crippen molar-refractivity contribution in [1.82, 2.24) is 4.90 Å². The van der Waals surface area contributed by atoms with Crippen molar-refractivity contribution >= 4 is 29.1 Å². The van der Waals surface area contributed by atoms with Crippen LogP contribution in [0.5, 0.6) is 0 Å². The number of amides is 3. The summed E-state index contributed by atoms with van der Waals surface area (Å²) in [6.07, 6.45) is 1.40. The van der Waals surface area contributed by atoms with Gasteiger partial charge in [-0.25, -0.2) is 4.39 Å². The molecule has 148 valence electrons. The Labute approximate surface area is 166 Å². The number of rotatable bonds is 6. The Bertz CT molecular complexity index is 1020. The molecule has 0 aliphatic rings. The number of likely N-dealkylation sites (N-methyl/N-ethyl adjacent to an activating group) is 1. The number of carbonyl (C=O) groups excluding carboxylic acids is 3. The molecule has 0 saturated heterocycles. The van der Waals surface area contributed by atoms with Crippen LogP contribution >= 0.6 is 0 Å². The number of benzene rings is 2. The normalized spacial score (nSPS) is 10.3. The first kappa shape index (κ1) is 19.8. The minimum Gasteiger partial charge on any atom is -0.459 e. The first-order valence-electron chi connectivity index (χ1n) is 8.68. The van der Waals surface area contributed by atoms with E-state index >= 15 is 0 Å². The van der Waals surface area contributed by atoms with Gasteiger partial charge in [0.15, 0.2) is 5.76 Å². The molecule has 1 aromatic heterocycles. The number of hydrogen-bond acceptors (Lipinski definition) is 4. The van der Waals surface area contributed by atoms with E-state index in [1.807, 2.05) is 0 Å². The summed E-state index contributed by atoms with van der Waals surface area (Å²) in [4.78, 5) is 37.8. The highest BCUT2D eigenvalue weighted by Crippen LogP contribution is 2.14. The summed E-state index contributed by atoms with van der Waals surface area (Å²) in [5.74, 6) is -1.52. The van der Waals surface area contributed by atoms with E-state index in [-0.39, 0.29) is 18.2 Å². The highest BCUT2D eigenvalue weighted by molar-refractivity contribution is 6.03. The van der Waals surface area contributed by atoms with Crippen LogP contribution in [-0.2, 0) is 4.79 Å². The number of hydrogen-bond donors (Lipinski definition) is 2. The lowest BCUT2D eigenvalue weighted by Crippen LogP contribution is -2.34. The number of nitrogens with one attached hydrogen (secondary N) is 2. The zero-order valence-electron chi connectivity index (χ0n) is 15.5. The topological polar surface area (TPSA) is 91.7 Å². The van der Waals surface area contributed by atoms with Crippen LogP contribution in [0.3, 0.4) is 0 Å². The summed E-state index contributed by atoms with van der Waals surface area (Å²) >= 11 is 0. The molecule has 0 unspecified atom stereocenters. The van der Waals surface area contributed by atoms with E-state index in [9.17, 15) is 18.8 Å². The Balaban J connectivity index is 1.56. The molecule has 1 heterocycles. The molecule has 3 rings (SSSR count). The molecule has 8 heteroatoms. The Kier molecular flexibility index (Phi) is 6.03. The van der Waals surface area contributed by atoms with Gasteiger partial charge in [0.2, 0.25) is 5.91 Å². The third kappa shape index (κ3) is 5.29. The third-order valence-corrected chi connectivity index (χ3v) is 3.97. The Morgan fingerprint density at radius 1 is 0.966 bits per heavy atom. The van der Waals surface area contributed by atoms with Gasteiger partial charge in [0.05, 0.1) is 12.8 Å². The summed E-state index contributed by atoms with van der Waals surface area (Å²) in [6.45, 7) is -0.202. The molecule has 7 nitrogen and oxygen atoms in total. The van der Waals surface area contributed by atoms with Gasteiger partial charge >= 0.3 is 0 Å². The van der Waals surface area contributed by atoms with Crippen molar-refractivity contribution in [2.45, 2.75) is 0 Å². The Morgan fingerprint density at radius 3 is 2.38 bits per heavy atom. The van der Waals surface area contributed by atoms with Crippen LogP contribution in [0, 0.1) is 5.82 Å². The molecule has 0 aliphatic carbocycles. The molecule has 3 aromatic rings. The van der Waals surface area contributed by atoms with Crippen molar-refractivity contribution < 1.29 is 23.2 Å². The van der Waals surface area contributed by atoms with E-state index in [0.717, 1.165) is 0 Å². The van der Waals surface area contributed by atoms with Crippen LogP contribution in [-0.4, -0.2) is 36.2 Å². The highest BCUT2D eigenvalue weighted by atomic mass is 19.1. The monoisotopic (exact) mass is 395 g/mol. The predicted molar refractivity (Wildman–Crippen MR) is 105 cm³/mol. The molecular weight excluding hydrogens is 377 g/mol. The van der Waals surface area contributed by atoms with E-state index in [1.54, 1.807) is 36.4 Å². The Hall–Kier alpha value is -3.94. The van der Waals surface area contributed by atoms with Gasteiger partial charge in [-0.05, 0) is 54.6 Å². The summed E-state index contributed by atoms with van der Waals surface area (Å²) in [6, 6.07) is 14.9. The second kappa shape index (κ2) is 8.83. The second-order valence-corrected chi connectivity index (χ2v) is 6.23. The molecule has 0 fully saturated rings. The zero-order valence-corrected chi connectivity index (χ0v) is 15.5. The molecule has 2 aromatic carbocycles. The second-order valence-electron chi connectivity index (χ2n) is 6.23. The summed E-state index contributed by atoms with van der Waals surface area (Å²) in [7, 11) is 1.49. The van der Waals surface area contributed by atoms with Gasteiger partial charge in [0.1, 0.15) is 5.82 Å². The molecule has 3 amide bonds. The van der Waals surface area contributed by atoms with Crippen molar-refractivity contribution in [3.63, 3.8) is 0 Å². The smallest absolute Gasteiger partial charge is 0.291 e. The zero-order chi connectivity index (χ0) is 20.8. The molecule has 29 heavy (non-hydrogen) atoms. The van der Waals surface area contributed by atoms with Gasteiger partial charge in [-0.15, -0.1) is 0 Å². The van der Waals surface area contributed by atoms with Crippen LogP contribution in [0.15, 0.2) is 71.3 Å². The average Bonchev–Trinajstić information content (AvgIpc) is 3.23. The fraction of sp³-hybridized carbons (Fsp3) is 0.0952. The number of carbonyl (C=O) groups is 3. The van der Waals surface area contributed by atoms with E-state index in [2.05, 4.69) is 10.6 Å². The quantitative estimate of drug-likeness (QED) is 0.669. The molecule has 2 N–H and O–H groups in total. The average molecular weight is 395 g/mol. The molecular formula is C21H18FN3O4.